The maximum Gasteiger partial charge on any atom is 0.573 e. The van der Waals surface area contributed by atoms with E-state index in [9.17, 15) is 26.4 Å². The van der Waals surface area contributed by atoms with Gasteiger partial charge in [-0.05, 0) is 60.7 Å². The van der Waals surface area contributed by atoms with E-state index in [4.69, 9.17) is 13.6 Å². The third kappa shape index (κ3) is 7.24. The van der Waals surface area contributed by atoms with Crippen LogP contribution >= 0.6 is 11.8 Å². The van der Waals surface area contributed by atoms with Crippen molar-refractivity contribution in [2.24, 2.45) is 5.10 Å². The first-order valence-corrected chi connectivity index (χ1v) is 19.0. The molecule has 1 fully saturated rings. The highest BCUT2D eigenvalue weighted by Crippen LogP contribution is 2.36. The van der Waals surface area contributed by atoms with Crippen LogP contribution in [0.4, 0.5) is 13.2 Å². The maximum atomic E-state index is 13.9. The minimum absolute atomic E-state index is 0.0193. The van der Waals surface area contributed by atoms with E-state index in [1.54, 1.807) is 24.3 Å². The highest BCUT2D eigenvalue weighted by molar-refractivity contribution is 7.99. The van der Waals surface area contributed by atoms with E-state index >= 15 is 0 Å². The Morgan fingerprint density at radius 3 is 2.48 bits per heavy atom. The van der Waals surface area contributed by atoms with Gasteiger partial charge in [0.05, 0.1) is 30.1 Å². The van der Waals surface area contributed by atoms with Crippen molar-refractivity contribution >= 4 is 44.4 Å². The predicted octanol–water partition coefficient (Wildman–Crippen LogP) is 6.66. The fourth-order valence-electron chi connectivity index (χ4n) is 6.22. The number of thioether (sulfide) groups is 1. The predicted molar refractivity (Wildman–Crippen MR) is 189 cm³/mol. The van der Waals surface area contributed by atoms with Crippen LogP contribution < -0.4 is 4.74 Å². The number of benzene rings is 3. The van der Waals surface area contributed by atoms with Crippen LogP contribution in [-0.2, 0) is 19.6 Å². The summed E-state index contributed by atoms with van der Waals surface area (Å²) in [5, 5.41) is 15.8. The fourth-order valence-corrected chi connectivity index (χ4v) is 8.48. The maximum absolute atomic E-state index is 13.9. The number of alkyl halides is 3. The number of furan rings is 2. The Hall–Kier alpha value is -5.43. The molecule has 0 bridgehead atoms. The Morgan fingerprint density at radius 1 is 0.944 bits per heavy atom. The molecule has 0 radical (unpaired) electrons. The lowest BCUT2D eigenvalue weighted by atomic mass is 10.1. The highest BCUT2D eigenvalue weighted by atomic mass is 32.2. The van der Waals surface area contributed by atoms with Gasteiger partial charge >= 0.3 is 6.36 Å². The summed E-state index contributed by atoms with van der Waals surface area (Å²) in [5.74, 6) is 0.231. The first-order chi connectivity index (χ1) is 26.0. The standard InChI is InChI=1S/C36H29F3N6O7S2/c37-36(38,39)52-26-12-10-25(11-13-26)44-34(24-6-3-7-27(19-24)54(47,48)43-14-17-49-18-15-43)40-41-35(44)53-22-33(46)45-29(31-9-4-16-50-31)21-28(42-45)32-20-23-5-1-2-8-30(23)51-32/h1-13,16,19-20,29H,14-15,17-18,21-22H2. The van der Waals surface area contributed by atoms with Gasteiger partial charge in [0.25, 0.3) is 5.91 Å². The van der Waals surface area contributed by atoms with E-state index in [0.717, 1.165) is 29.3 Å². The number of sulfonamides is 1. The van der Waals surface area contributed by atoms with Crippen molar-refractivity contribution < 1.29 is 44.7 Å². The Morgan fingerprint density at radius 2 is 1.74 bits per heavy atom. The van der Waals surface area contributed by atoms with E-state index in [-0.39, 0.29) is 47.9 Å². The molecule has 13 nitrogen and oxygen atoms in total. The Kier molecular flexibility index (Phi) is 9.51. The molecule has 1 atom stereocenters. The molecule has 0 N–H and O–H groups in total. The Labute approximate surface area is 310 Å². The van der Waals surface area contributed by atoms with Gasteiger partial charge in [0.1, 0.15) is 28.8 Å². The monoisotopic (exact) mass is 778 g/mol. The third-order valence-corrected chi connectivity index (χ3v) is 11.5. The normalized spacial score (nSPS) is 16.9. The molecule has 3 aromatic heterocycles. The number of amides is 1. The van der Waals surface area contributed by atoms with Crippen LogP contribution in [0.1, 0.15) is 24.0 Å². The molecule has 54 heavy (non-hydrogen) atoms. The SMILES string of the molecule is O=C(CSc1nnc(-c2cccc(S(=O)(=O)N3CCOCC3)c2)n1-c1ccc(OC(F)(F)F)cc1)N1N=C(c2cc3ccccc3o2)CC1c1ccco1. The van der Waals surface area contributed by atoms with Gasteiger partial charge in [-0.2, -0.15) is 9.41 Å². The summed E-state index contributed by atoms with van der Waals surface area (Å²) < 4.78 is 89.9. The van der Waals surface area contributed by atoms with Gasteiger partial charge in [0.15, 0.2) is 16.7 Å². The molecule has 18 heteroatoms. The molecule has 2 aliphatic rings. The molecule has 8 rings (SSSR count). The summed E-state index contributed by atoms with van der Waals surface area (Å²) >= 11 is 1.02. The number of rotatable bonds is 10. The number of carbonyl (C=O) groups is 1. The average Bonchev–Trinajstić information content (AvgIpc) is 4.00. The lowest BCUT2D eigenvalue weighted by molar-refractivity contribution is -0.274. The van der Waals surface area contributed by atoms with E-state index in [0.29, 0.717) is 40.5 Å². The van der Waals surface area contributed by atoms with E-state index < -0.39 is 34.1 Å². The number of hydrogen-bond donors (Lipinski definition) is 0. The Balaban J connectivity index is 1.11. The minimum atomic E-state index is -4.90. The van der Waals surface area contributed by atoms with Gasteiger partial charge in [0.2, 0.25) is 10.0 Å². The fraction of sp³-hybridized carbons (Fsp3) is 0.222. The lowest BCUT2D eigenvalue weighted by Crippen LogP contribution is -2.40. The first-order valence-electron chi connectivity index (χ1n) is 16.6. The quantitative estimate of drug-likeness (QED) is 0.138. The zero-order chi connectivity index (χ0) is 37.5. The van der Waals surface area contributed by atoms with Crippen LogP contribution in [0.2, 0.25) is 0 Å². The van der Waals surface area contributed by atoms with Crippen LogP contribution in [0.25, 0.3) is 28.0 Å². The van der Waals surface area contributed by atoms with Crippen molar-refractivity contribution in [1.82, 2.24) is 24.1 Å². The number of hydrazone groups is 1. The summed E-state index contributed by atoms with van der Waals surface area (Å²) in [6.07, 6.45) is -3.05. The smallest absolute Gasteiger partial charge is 0.467 e. The van der Waals surface area contributed by atoms with E-state index in [2.05, 4.69) is 20.0 Å². The molecule has 3 aromatic carbocycles. The summed E-state index contributed by atoms with van der Waals surface area (Å²) in [6.45, 7) is 0.941. The first kappa shape index (κ1) is 35.6. The van der Waals surface area contributed by atoms with Gasteiger partial charge in [-0.3, -0.25) is 9.36 Å². The number of halogens is 3. The van der Waals surface area contributed by atoms with Gasteiger partial charge in [0, 0.05) is 36.1 Å². The number of nitrogens with zero attached hydrogens (tertiary/aromatic N) is 6. The Bertz CT molecular complexity index is 2410. The largest absolute Gasteiger partial charge is 0.573 e. The average molecular weight is 779 g/mol. The zero-order valence-electron chi connectivity index (χ0n) is 28.0. The number of hydrogen-bond acceptors (Lipinski definition) is 11. The number of aromatic nitrogens is 3. The number of morpholine rings is 1. The van der Waals surface area contributed by atoms with E-state index in [1.807, 2.05) is 30.3 Å². The van der Waals surface area contributed by atoms with Gasteiger partial charge < -0.3 is 18.3 Å². The molecule has 1 saturated heterocycles. The second kappa shape index (κ2) is 14.4. The van der Waals surface area contributed by atoms with Crippen LogP contribution in [0, 0.1) is 0 Å². The van der Waals surface area contributed by atoms with Crippen LogP contribution in [-0.4, -0.2) is 82.5 Å². The number of carbonyl (C=O) groups excluding carboxylic acids is 1. The second-order valence-corrected chi connectivity index (χ2v) is 15.1. The van der Waals surface area contributed by atoms with Crippen molar-refractivity contribution in [2.75, 3.05) is 32.1 Å². The minimum Gasteiger partial charge on any atom is -0.467 e. The van der Waals surface area contributed by atoms with Crippen molar-refractivity contribution in [3.63, 3.8) is 0 Å². The molecule has 1 amide bonds. The van der Waals surface area contributed by atoms with Gasteiger partial charge in [-0.1, -0.05) is 42.1 Å². The van der Waals surface area contributed by atoms with Crippen LogP contribution in [0.3, 0.4) is 0 Å². The molecule has 2 aliphatic heterocycles. The van der Waals surface area contributed by atoms with Crippen molar-refractivity contribution in [3.05, 3.63) is 109 Å². The molecule has 0 spiro atoms. The van der Waals surface area contributed by atoms with Crippen molar-refractivity contribution in [3.8, 4) is 22.8 Å². The number of ether oxygens (including phenoxy) is 2. The summed E-state index contributed by atoms with van der Waals surface area (Å²) in [5.41, 5.74) is 1.94. The van der Waals surface area contributed by atoms with Crippen LogP contribution in [0.15, 0.2) is 121 Å². The molecule has 1 unspecified atom stereocenters. The molecule has 5 heterocycles. The topological polar surface area (TPSA) is 146 Å². The highest BCUT2D eigenvalue weighted by Gasteiger charge is 2.37. The van der Waals surface area contributed by atoms with Crippen molar-refractivity contribution in [1.29, 1.82) is 0 Å². The molecule has 6 aromatic rings. The zero-order valence-corrected chi connectivity index (χ0v) is 29.7. The van der Waals surface area contributed by atoms with E-state index in [1.165, 1.54) is 44.4 Å². The second-order valence-electron chi connectivity index (χ2n) is 12.2. The van der Waals surface area contributed by atoms with Crippen molar-refractivity contribution in [2.45, 2.75) is 28.9 Å². The molecule has 278 valence electrons. The molecular weight excluding hydrogens is 750 g/mol. The lowest BCUT2D eigenvalue weighted by Gasteiger charge is -2.26. The molecule has 0 saturated carbocycles. The van der Waals surface area contributed by atoms with Gasteiger partial charge in [-0.25, -0.2) is 13.4 Å². The van der Waals surface area contributed by atoms with Gasteiger partial charge in [-0.15, -0.1) is 23.4 Å². The summed E-state index contributed by atoms with van der Waals surface area (Å²) in [6, 6.07) is 23.5. The molecular formula is C36H29F3N6O7S2. The number of para-hydroxylation sites is 1. The van der Waals surface area contributed by atoms with Crippen LogP contribution in [0.5, 0.6) is 5.75 Å². The number of fused-ring (bicyclic) bond motifs is 1. The third-order valence-electron chi connectivity index (χ3n) is 8.73. The summed E-state index contributed by atoms with van der Waals surface area (Å²) in [4.78, 5) is 14.0. The summed E-state index contributed by atoms with van der Waals surface area (Å²) in [7, 11) is -3.88. The molecule has 0 aliphatic carbocycles.